The summed E-state index contributed by atoms with van der Waals surface area (Å²) in [5.74, 6) is 1.82. The topological polar surface area (TPSA) is 67.7 Å². The van der Waals surface area contributed by atoms with Crippen molar-refractivity contribution < 1.29 is 0 Å². The minimum absolute atomic E-state index is 0.376. The monoisotopic (exact) mass is 944 g/mol. The molecule has 2 aromatic heterocycles. The van der Waals surface area contributed by atoms with Crippen molar-refractivity contribution in [2.75, 3.05) is 4.90 Å². The minimum Gasteiger partial charge on any atom is -0.307 e. The van der Waals surface area contributed by atoms with Crippen LogP contribution < -0.4 is 4.90 Å². The van der Waals surface area contributed by atoms with Crippen LogP contribution in [0.4, 0.5) is 17.1 Å². The highest BCUT2D eigenvalue weighted by Gasteiger charge is 2.52. The fourth-order valence-corrected chi connectivity index (χ4v) is 11.4. The smallest absolute Gasteiger partial charge is 0.201 e. The Bertz CT molecular complexity index is 3920. The maximum Gasteiger partial charge on any atom is 0.201 e. The number of rotatable bonds is 9. The third-order valence-electron chi connectivity index (χ3n) is 14.7. The van der Waals surface area contributed by atoms with Crippen molar-refractivity contribution in [3.05, 3.63) is 289 Å². The molecular weight excluding hydrogens is 901 g/mol. The van der Waals surface area contributed by atoms with Gasteiger partial charge in [-0.15, -0.1) is 0 Å². The summed E-state index contributed by atoms with van der Waals surface area (Å²) in [6, 6.07) is 90.3. The minimum atomic E-state index is -0.506. The Morgan fingerprint density at radius 1 is 0.270 bits per heavy atom. The van der Waals surface area contributed by atoms with Gasteiger partial charge in [0.25, 0.3) is 0 Å². The first-order valence-electron chi connectivity index (χ1n) is 25.0. The third kappa shape index (κ3) is 7.07. The zero-order valence-corrected chi connectivity index (χ0v) is 40.1. The van der Waals surface area contributed by atoms with Crippen LogP contribution in [0.1, 0.15) is 22.3 Å². The molecule has 0 saturated heterocycles. The zero-order valence-electron chi connectivity index (χ0n) is 40.1. The molecule has 6 nitrogen and oxygen atoms in total. The molecule has 0 radical (unpaired) electrons. The molecule has 2 aliphatic carbocycles. The Labute approximate surface area is 429 Å². The number of hydrogen-bond donors (Lipinski definition) is 0. The summed E-state index contributed by atoms with van der Waals surface area (Å²) < 4.78 is 0. The lowest BCUT2D eigenvalue weighted by Crippen LogP contribution is -2.26. The normalized spacial score (nSPS) is 12.4. The van der Waals surface area contributed by atoms with Crippen LogP contribution in [-0.4, -0.2) is 24.9 Å². The van der Waals surface area contributed by atoms with Gasteiger partial charge in [0, 0.05) is 22.4 Å². The third-order valence-corrected chi connectivity index (χ3v) is 14.7. The van der Waals surface area contributed by atoms with Gasteiger partial charge in [-0.1, -0.05) is 224 Å². The molecule has 1 spiro atoms. The fraction of sp³-hybridized carbons (Fsp3) is 0.0147. The van der Waals surface area contributed by atoms with Crippen LogP contribution in [0.15, 0.2) is 267 Å². The Morgan fingerprint density at radius 3 is 1.20 bits per heavy atom. The van der Waals surface area contributed by atoms with Gasteiger partial charge in [-0.25, -0.2) is 24.9 Å². The van der Waals surface area contributed by atoms with Crippen LogP contribution in [0, 0.1) is 0 Å². The molecule has 0 N–H and O–H groups in total. The van der Waals surface area contributed by atoms with E-state index in [1.807, 2.05) is 48.8 Å². The number of aromatic nitrogens is 5. The predicted octanol–water partition coefficient (Wildman–Crippen LogP) is 16.5. The molecule has 2 heterocycles. The van der Waals surface area contributed by atoms with Crippen molar-refractivity contribution in [2.24, 2.45) is 0 Å². The van der Waals surface area contributed by atoms with E-state index in [0.717, 1.165) is 61.6 Å². The molecule has 0 atom stereocenters. The summed E-state index contributed by atoms with van der Waals surface area (Å²) >= 11 is 0. The second kappa shape index (κ2) is 17.7. The summed E-state index contributed by atoms with van der Waals surface area (Å²) in [5, 5.41) is 0. The van der Waals surface area contributed by atoms with Gasteiger partial charge in [0.15, 0.2) is 17.5 Å². The van der Waals surface area contributed by atoms with Crippen LogP contribution in [0.5, 0.6) is 0 Å². The average molecular weight is 945 g/mol. The Balaban J connectivity index is 0.935. The summed E-state index contributed by atoms with van der Waals surface area (Å²) in [4.78, 5) is 28.0. The van der Waals surface area contributed by atoms with Crippen molar-refractivity contribution in [3.63, 3.8) is 0 Å². The lowest BCUT2D eigenvalue weighted by Gasteiger charge is -2.31. The van der Waals surface area contributed by atoms with E-state index in [1.54, 1.807) is 0 Å². The molecule has 0 saturated carbocycles. The molecule has 0 amide bonds. The molecule has 14 rings (SSSR count). The quantitative estimate of drug-likeness (QED) is 0.144. The van der Waals surface area contributed by atoms with Crippen LogP contribution in [0.25, 0.3) is 90.1 Å². The van der Waals surface area contributed by atoms with E-state index >= 15 is 0 Å². The lowest BCUT2D eigenvalue weighted by atomic mass is 9.70. The molecule has 10 aromatic carbocycles. The number of fused-ring (bicyclic) bond motifs is 10. The van der Waals surface area contributed by atoms with Gasteiger partial charge in [0.05, 0.1) is 29.2 Å². The molecule has 74 heavy (non-hydrogen) atoms. The number of nitrogens with zero attached hydrogens (tertiary/aromatic N) is 6. The number of hydrogen-bond acceptors (Lipinski definition) is 6. The van der Waals surface area contributed by atoms with Crippen molar-refractivity contribution in [3.8, 4) is 90.1 Å². The van der Waals surface area contributed by atoms with Gasteiger partial charge >= 0.3 is 0 Å². The van der Waals surface area contributed by atoms with Crippen LogP contribution in [0.2, 0.25) is 0 Å². The van der Waals surface area contributed by atoms with Crippen LogP contribution in [0.3, 0.4) is 0 Å². The van der Waals surface area contributed by atoms with Gasteiger partial charge in [-0.2, -0.15) is 0 Å². The fourth-order valence-electron chi connectivity index (χ4n) is 11.4. The van der Waals surface area contributed by atoms with Gasteiger partial charge in [-0.3, -0.25) is 0 Å². The van der Waals surface area contributed by atoms with Crippen molar-refractivity contribution in [1.29, 1.82) is 0 Å². The Morgan fingerprint density at radius 2 is 0.662 bits per heavy atom. The molecule has 346 valence electrons. The maximum atomic E-state index is 5.15. The zero-order chi connectivity index (χ0) is 49.0. The first-order valence-corrected chi connectivity index (χ1v) is 25.0. The maximum absolute atomic E-state index is 5.15. The molecule has 6 heteroatoms. The van der Waals surface area contributed by atoms with Gasteiger partial charge in [0.1, 0.15) is 0 Å². The largest absolute Gasteiger partial charge is 0.307 e. The molecule has 0 fully saturated rings. The standard InChI is InChI=1S/C68H44N6/c1-4-19-45(20-5-1)48-37-39-53(40-38-48)74(62-36-18-35-61-63(62)57-31-12-15-34-60(57)68(61)58-32-13-10-29-55(58)56-30-11-14-33-59(56)68)54-43-69-66(70-44-54)67-72-64(51-27-16-25-49(41-51)46-21-6-2-7-22-46)71-65(73-67)52-28-17-26-50(42-52)47-23-8-3-9-24-47/h1-44H. The Kier molecular flexibility index (Phi) is 10.3. The van der Waals surface area contributed by atoms with E-state index in [-0.39, 0.29) is 0 Å². The highest BCUT2D eigenvalue weighted by atomic mass is 15.2. The van der Waals surface area contributed by atoms with Gasteiger partial charge in [-0.05, 0) is 103 Å². The highest BCUT2D eigenvalue weighted by molar-refractivity contribution is 6.01. The average Bonchev–Trinajstić information content (AvgIpc) is 3.98. The van der Waals surface area contributed by atoms with Gasteiger partial charge in [0.2, 0.25) is 5.82 Å². The summed E-state index contributed by atoms with van der Waals surface area (Å²) in [6.07, 6.45) is 3.80. The number of anilines is 3. The molecule has 0 unspecified atom stereocenters. The summed E-state index contributed by atoms with van der Waals surface area (Å²) in [7, 11) is 0. The predicted molar refractivity (Wildman–Crippen MR) is 299 cm³/mol. The van der Waals surface area contributed by atoms with Crippen molar-refractivity contribution in [1.82, 2.24) is 24.9 Å². The molecule has 0 aliphatic heterocycles. The van der Waals surface area contributed by atoms with E-state index < -0.39 is 5.41 Å². The van der Waals surface area contributed by atoms with Crippen LogP contribution >= 0.6 is 0 Å². The highest BCUT2D eigenvalue weighted by Crippen LogP contribution is 2.64. The summed E-state index contributed by atoms with van der Waals surface area (Å²) in [5.41, 5.74) is 20.7. The lowest BCUT2D eigenvalue weighted by molar-refractivity contribution is 0.794. The molecule has 2 aliphatic rings. The van der Waals surface area contributed by atoms with Crippen LogP contribution in [-0.2, 0) is 5.41 Å². The molecule has 0 bridgehead atoms. The van der Waals surface area contributed by atoms with E-state index in [0.29, 0.717) is 23.3 Å². The second-order valence-corrected chi connectivity index (χ2v) is 18.8. The summed E-state index contributed by atoms with van der Waals surface area (Å²) in [6.45, 7) is 0. The van der Waals surface area contributed by atoms with E-state index in [4.69, 9.17) is 24.9 Å². The Hall–Kier alpha value is -9.91. The molecular formula is C68H44N6. The number of benzene rings is 10. The van der Waals surface area contributed by atoms with E-state index in [2.05, 4.69) is 223 Å². The van der Waals surface area contributed by atoms with Crippen molar-refractivity contribution in [2.45, 2.75) is 5.41 Å². The second-order valence-electron chi connectivity index (χ2n) is 18.8. The first kappa shape index (κ1) is 42.9. The SMILES string of the molecule is c1ccc(-c2ccc(N(c3cnc(-c4nc(-c5cccc(-c6ccccc6)c5)nc(-c5cccc(-c6ccccc6)c5)n4)nc3)c3cccc4c3-c3ccccc3C43c4ccccc4-c4ccccc43)cc2)cc1. The first-order chi connectivity index (χ1) is 36.7. The van der Waals surface area contributed by atoms with Crippen molar-refractivity contribution >= 4 is 17.1 Å². The van der Waals surface area contributed by atoms with E-state index in [9.17, 15) is 0 Å². The molecule has 12 aromatic rings. The van der Waals surface area contributed by atoms with E-state index in [1.165, 1.54) is 44.5 Å². The van der Waals surface area contributed by atoms with Gasteiger partial charge < -0.3 is 4.90 Å².